The number of carbonyl (C=O) groups excluding carboxylic acids is 1. The predicted octanol–water partition coefficient (Wildman–Crippen LogP) is 2.32. The lowest BCUT2D eigenvalue weighted by Gasteiger charge is -2.52. The van der Waals surface area contributed by atoms with Crippen molar-refractivity contribution in [1.82, 2.24) is 5.32 Å². The van der Waals surface area contributed by atoms with Crippen molar-refractivity contribution in [2.75, 3.05) is 13.2 Å². The molecule has 0 bridgehead atoms. The predicted molar refractivity (Wildman–Crippen MR) is 82.4 cm³/mol. The number of carbonyl (C=O) groups is 1. The monoisotopic (exact) mass is 284 g/mol. The normalized spacial score (nSPS) is 26.8. The summed E-state index contributed by atoms with van der Waals surface area (Å²) in [5.74, 6) is -0.00704. The van der Waals surface area contributed by atoms with Crippen LogP contribution in [0.1, 0.15) is 54.4 Å². The summed E-state index contributed by atoms with van der Waals surface area (Å²) in [7, 11) is 0. The Bertz CT molecular complexity index is 334. The molecule has 0 saturated heterocycles. The van der Waals surface area contributed by atoms with Crippen LogP contribution < -0.4 is 11.1 Å². The summed E-state index contributed by atoms with van der Waals surface area (Å²) in [6, 6.07) is 0.195. The minimum absolute atomic E-state index is 0.00650. The van der Waals surface area contributed by atoms with Crippen molar-refractivity contribution in [1.29, 1.82) is 0 Å². The van der Waals surface area contributed by atoms with E-state index in [0.29, 0.717) is 6.54 Å². The standard InChI is InChI=1S/C16H32N2O2/c1-7-20-13-8-12(16(13,5)6)18-14(19)11(10-17)9-15(2,3)4/h11-13H,7-10,17H2,1-6H3,(H,18,19). The van der Waals surface area contributed by atoms with Crippen LogP contribution in [0.15, 0.2) is 0 Å². The molecule has 1 fully saturated rings. The van der Waals surface area contributed by atoms with Crippen molar-refractivity contribution >= 4 is 5.91 Å². The maximum atomic E-state index is 12.4. The molecule has 1 aliphatic rings. The molecule has 3 atom stereocenters. The summed E-state index contributed by atoms with van der Waals surface area (Å²) in [6.45, 7) is 13.9. The molecular formula is C16H32N2O2. The summed E-state index contributed by atoms with van der Waals surface area (Å²) in [5, 5.41) is 3.17. The third kappa shape index (κ3) is 4.19. The molecule has 0 aliphatic heterocycles. The van der Waals surface area contributed by atoms with Gasteiger partial charge in [-0.15, -0.1) is 0 Å². The summed E-state index contributed by atoms with van der Waals surface area (Å²) in [6.07, 6.45) is 1.97. The van der Waals surface area contributed by atoms with Crippen molar-refractivity contribution in [3.8, 4) is 0 Å². The Kier molecular flexibility index (Phi) is 5.61. The molecule has 3 unspecified atom stereocenters. The van der Waals surface area contributed by atoms with Gasteiger partial charge in [-0.1, -0.05) is 34.6 Å². The first-order valence-electron chi connectivity index (χ1n) is 7.74. The first-order chi connectivity index (χ1) is 9.11. The molecule has 1 aliphatic carbocycles. The molecule has 0 radical (unpaired) electrons. The lowest BCUT2D eigenvalue weighted by molar-refractivity contribution is -0.140. The van der Waals surface area contributed by atoms with E-state index in [-0.39, 0.29) is 34.8 Å². The van der Waals surface area contributed by atoms with Gasteiger partial charge in [-0.05, 0) is 25.2 Å². The van der Waals surface area contributed by atoms with Crippen LogP contribution in [-0.4, -0.2) is 31.2 Å². The molecule has 4 heteroatoms. The molecule has 0 spiro atoms. The molecule has 1 rings (SSSR count). The highest BCUT2D eigenvalue weighted by molar-refractivity contribution is 5.79. The van der Waals surface area contributed by atoms with Crippen LogP contribution in [0.5, 0.6) is 0 Å². The van der Waals surface area contributed by atoms with Gasteiger partial charge in [0.15, 0.2) is 0 Å². The molecule has 4 nitrogen and oxygen atoms in total. The molecule has 0 heterocycles. The van der Waals surface area contributed by atoms with Gasteiger partial charge in [0.25, 0.3) is 0 Å². The van der Waals surface area contributed by atoms with E-state index < -0.39 is 0 Å². The average Bonchev–Trinajstić information content (AvgIpc) is 2.33. The SMILES string of the molecule is CCOC1CC(NC(=O)C(CN)CC(C)(C)C)C1(C)C. The van der Waals surface area contributed by atoms with E-state index >= 15 is 0 Å². The molecule has 0 aromatic heterocycles. The molecule has 1 amide bonds. The van der Waals surface area contributed by atoms with Gasteiger partial charge in [0.1, 0.15) is 0 Å². The average molecular weight is 284 g/mol. The Labute approximate surface area is 123 Å². The van der Waals surface area contributed by atoms with Gasteiger partial charge in [-0.25, -0.2) is 0 Å². The van der Waals surface area contributed by atoms with Crippen LogP contribution in [0.2, 0.25) is 0 Å². The molecule has 20 heavy (non-hydrogen) atoms. The maximum absolute atomic E-state index is 12.4. The van der Waals surface area contributed by atoms with Gasteiger partial charge in [0.05, 0.1) is 12.0 Å². The van der Waals surface area contributed by atoms with Crippen molar-refractivity contribution in [2.24, 2.45) is 22.5 Å². The van der Waals surface area contributed by atoms with Gasteiger partial charge in [-0.3, -0.25) is 4.79 Å². The highest BCUT2D eigenvalue weighted by Crippen LogP contribution is 2.43. The van der Waals surface area contributed by atoms with Gasteiger partial charge >= 0.3 is 0 Å². The molecule has 3 N–H and O–H groups in total. The van der Waals surface area contributed by atoms with Gasteiger partial charge in [-0.2, -0.15) is 0 Å². The fourth-order valence-corrected chi connectivity index (χ4v) is 2.93. The lowest BCUT2D eigenvalue weighted by Crippen LogP contribution is -2.63. The van der Waals surface area contributed by atoms with Gasteiger partial charge < -0.3 is 15.8 Å². The number of rotatable bonds is 6. The van der Waals surface area contributed by atoms with Crippen LogP contribution in [0.4, 0.5) is 0 Å². The fourth-order valence-electron chi connectivity index (χ4n) is 2.93. The maximum Gasteiger partial charge on any atom is 0.224 e. The summed E-state index contributed by atoms with van der Waals surface area (Å²) < 4.78 is 5.70. The third-order valence-corrected chi connectivity index (χ3v) is 4.38. The van der Waals surface area contributed by atoms with E-state index in [1.54, 1.807) is 0 Å². The van der Waals surface area contributed by atoms with E-state index in [2.05, 4.69) is 39.9 Å². The van der Waals surface area contributed by atoms with Crippen LogP contribution in [0.3, 0.4) is 0 Å². The van der Waals surface area contributed by atoms with Crippen molar-refractivity contribution in [2.45, 2.75) is 66.5 Å². The van der Waals surface area contributed by atoms with Crippen LogP contribution >= 0.6 is 0 Å². The zero-order valence-electron chi connectivity index (χ0n) is 14.0. The summed E-state index contributed by atoms with van der Waals surface area (Å²) in [5.41, 5.74) is 5.90. The second-order valence-corrected chi connectivity index (χ2v) is 7.76. The third-order valence-electron chi connectivity index (χ3n) is 4.38. The van der Waals surface area contributed by atoms with E-state index in [4.69, 9.17) is 10.5 Å². The Morgan fingerprint density at radius 3 is 2.45 bits per heavy atom. The Hall–Kier alpha value is -0.610. The van der Waals surface area contributed by atoms with Crippen molar-refractivity contribution < 1.29 is 9.53 Å². The van der Waals surface area contributed by atoms with Crippen LogP contribution in [0, 0.1) is 16.7 Å². The summed E-state index contributed by atoms with van der Waals surface area (Å²) >= 11 is 0. The Balaban J connectivity index is 2.54. The van der Waals surface area contributed by atoms with Gasteiger partial charge in [0.2, 0.25) is 5.91 Å². The van der Waals surface area contributed by atoms with Gasteiger partial charge in [0, 0.05) is 24.6 Å². The molecule has 0 aromatic rings. The summed E-state index contributed by atoms with van der Waals surface area (Å²) in [4.78, 5) is 12.4. The number of hydrogen-bond acceptors (Lipinski definition) is 3. The smallest absolute Gasteiger partial charge is 0.224 e. The van der Waals surface area contributed by atoms with Crippen LogP contribution in [0.25, 0.3) is 0 Å². The van der Waals surface area contributed by atoms with Crippen LogP contribution in [-0.2, 0) is 9.53 Å². The first-order valence-corrected chi connectivity index (χ1v) is 7.74. The highest BCUT2D eigenvalue weighted by Gasteiger charge is 2.49. The quantitative estimate of drug-likeness (QED) is 0.786. The molecule has 1 saturated carbocycles. The molecule has 0 aromatic carbocycles. The number of nitrogens with two attached hydrogens (primary N) is 1. The highest BCUT2D eigenvalue weighted by atomic mass is 16.5. The van der Waals surface area contributed by atoms with Crippen molar-refractivity contribution in [3.63, 3.8) is 0 Å². The minimum Gasteiger partial charge on any atom is -0.378 e. The second-order valence-electron chi connectivity index (χ2n) is 7.76. The Morgan fingerprint density at radius 2 is 2.05 bits per heavy atom. The fraction of sp³-hybridized carbons (Fsp3) is 0.938. The number of amides is 1. The van der Waals surface area contributed by atoms with E-state index in [1.165, 1.54) is 0 Å². The lowest BCUT2D eigenvalue weighted by atomic mass is 9.64. The molecular weight excluding hydrogens is 252 g/mol. The number of nitrogens with one attached hydrogen (secondary N) is 1. The first kappa shape index (κ1) is 17.4. The number of hydrogen-bond donors (Lipinski definition) is 2. The topological polar surface area (TPSA) is 64.3 Å². The second kappa shape index (κ2) is 6.44. The number of ether oxygens (including phenoxy) is 1. The Morgan fingerprint density at radius 1 is 1.45 bits per heavy atom. The zero-order chi connectivity index (χ0) is 15.6. The van der Waals surface area contributed by atoms with E-state index in [0.717, 1.165) is 19.4 Å². The minimum atomic E-state index is -0.100. The van der Waals surface area contributed by atoms with E-state index in [9.17, 15) is 4.79 Å². The molecule has 118 valence electrons. The zero-order valence-corrected chi connectivity index (χ0v) is 14.0. The van der Waals surface area contributed by atoms with Crippen molar-refractivity contribution in [3.05, 3.63) is 0 Å². The van der Waals surface area contributed by atoms with E-state index in [1.807, 2.05) is 6.92 Å². The largest absolute Gasteiger partial charge is 0.378 e.